The second-order valence-corrected chi connectivity index (χ2v) is 11.5. The van der Waals surface area contributed by atoms with Crippen molar-refractivity contribution in [2.75, 3.05) is 0 Å². The Morgan fingerprint density at radius 3 is 2.63 bits per heavy atom. The average Bonchev–Trinajstić information content (AvgIpc) is 3.46. The lowest BCUT2D eigenvalue weighted by molar-refractivity contribution is 0.164. The highest BCUT2D eigenvalue weighted by molar-refractivity contribution is 7.89. The molecule has 0 aliphatic carbocycles. The van der Waals surface area contributed by atoms with Gasteiger partial charge in [-0.3, -0.25) is 15.4 Å². The van der Waals surface area contributed by atoms with Crippen molar-refractivity contribution in [1.29, 1.82) is 0 Å². The number of nitrogens with zero attached hydrogens (tertiary/aromatic N) is 4. The van der Waals surface area contributed by atoms with E-state index in [1.54, 1.807) is 28.8 Å². The summed E-state index contributed by atoms with van der Waals surface area (Å²) in [6.45, 7) is 2.06. The molecule has 10 nitrogen and oxygen atoms in total. The van der Waals surface area contributed by atoms with Crippen molar-refractivity contribution >= 4 is 16.1 Å². The van der Waals surface area contributed by atoms with Gasteiger partial charge in [0.25, 0.3) is 0 Å². The number of nitrogens with two attached hydrogens (primary N) is 1. The summed E-state index contributed by atoms with van der Waals surface area (Å²) < 4.78 is 28.4. The minimum atomic E-state index is -3.57. The summed E-state index contributed by atoms with van der Waals surface area (Å²) in [7, 11) is -3.57. The molecule has 3 aliphatic rings. The van der Waals surface area contributed by atoms with Crippen LogP contribution in [0.15, 0.2) is 59.6 Å². The standard InChI is InChI=1S/C24H28N8O2S/c1-24(19-6-7-20(21-8-10-27-31-21)28-22(19)13-23(25)30-24)29-15-11-16-4-5-17(12-15)32(16)35(33,34)18-3-2-9-26-14-18/h2-3,6-10,13-17,29-30H,4-5,11-12,25H2,1H3,(H,27,31)/t15?,16-,17+,24?. The minimum absolute atomic E-state index is 0.0452. The van der Waals surface area contributed by atoms with Crippen LogP contribution in [0.5, 0.6) is 0 Å². The first-order valence-corrected chi connectivity index (χ1v) is 13.3. The first-order chi connectivity index (χ1) is 16.8. The van der Waals surface area contributed by atoms with Crippen molar-refractivity contribution in [3.63, 3.8) is 0 Å². The number of hydrogen-bond donors (Lipinski definition) is 4. The van der Waals surface area contributed by atoms with Gasteiger partial charge in [-0.1, -0.05) is 6.07 Å². The lowest BCUT2D eigenvalue weighted by Gasteiger charge is -2.44. The normalized spacial score (nSPS) is 28.3. The molecule has 0 saturated carbocycles. The molecule has 3 aromatic rings. The SMILES string of the molecule is CC1(NC2C[C@H]3CC[C@@H](C2)N3S(=O)(=O)c2cccnc2)NC(N)=Cc2nc(-c3cc[nH]n3)ccc21. The second kappa shape index (κ2) is 8.14. The molecule has 0 aromatic carbocycles. The van der Waals surface area contributed by atoms with Crippen LogP contribution in [-0.2, 0) is 15.7 Å². The molecule has 0 amide bonds. The molecule has 35 heavy (non-hydrogen) atoms. The van der Waals surface area contributed by atoms with Gasteiger partial charge in [-0.05, 0) is 56.9 Å². The van der Waals surface area contributed by atoms with Crippen LogP contribution in [0, 0.1) is 0 Å². The summed E-state index contributed by atoms with van der Waals surface area (Å²) in [5.41, 5.74) is 8.94. The summed E-state index contributed by atoms with van der Waals surface area (Å²) in [5.74, 6) is 0.527. The largest absolute Gasteiger partial charge is 0.385 e. The molecule has 2 bridgehead atoms. The van der Waals surface area contributed by atoms with E-state index in [9.17, 15) is 8.42 Å². The monoisotopic (exact) mass is 492 g/mol. The number of H-pyrrole nitrogens is 1. The Balaban J connectivity index is 1.25. The number of sulfonamides is 1. The Labute approximate surface area is 204 Å². The number of nitrogens with one attached hydrogen (secondary N) is 3. The molecule has 4 atom stereocenters. The highest BCUT2D eigenvalue weighted by Crippen LogP contribution is 2.41. The first kappa shape index (κ1) is 22.2. The fourth-order valence-corrected chi connectivity index (χ4v) is 7.74. The summed E-state index contributed by atoms with van der Waals surface area (Å²) in [5, 5.41) is 14.2. The van der Waals surface area contributed by atoms with E-state index in [-0.39, 0.29) is 23.0 Å². The number of aromatic nitrogens is 4. The number of fused-ring (bicyclic) bond motifs is 3. The van der Waals surface area contributed by atoms with E-state index in [0.29, 0.717) is 5.82 Å². The number of rotatable bonds is 5. The van der Waals surface area contributed by atoms with E-state index in [4.69, 9.17) is 10.7 Å². The van der Waals surface area contributed by atoms with Crippen molar-refractivity contribution in [2.24, 2.45) is 5.73 Å². The quantitative estimate of drug-likeness (QED) is 0.423. The molecular weight excluding hydrogens is 464 g/mol. The molecule has 182 valence electrons. The van der Waals surface area contributed by atoms with Gasteiger partial charge in [0, 0.05) is 48.4 Å². The van der Waals surface area contributed by atoms with Crippen LogP contribution in [0.25, 0.3) is 17.5 Å². The molecule has 0 radical (unpaired) electrons. The highest BCUT2D eigenvalue weighted by atomic mass is 32.2. The topological polar surface area (TPSA) is 142 Å². The van der Waals surface area contributed by atoms with Crippen LogP contribution in [0.2, 0.25) is 0 Å². The molecule has 6 rings (SSSR count). The smallest absolute Gasteiger partial charge is 0.245 e. The number of hydrogen-bond acceptors (Lipinski definition) is 8. The van der Waals surface area contributed by atoms with Gasteiger partial charge in [-0.2, -0.15) is 9.40 Å². The zero-order valence-corrected chi connectivity index (χ0v) is 20.2. The fraction of sp³-hybridized carbons (Fsp3) is 0.375. The Kier molecular flexibility index (Phi) is 5.17. The Hall–Kier alpha value is -3.28. The number of aromatic amines is 1. The fourth-order valence-electron chi connectivity index (χ4n) is 5.88. The van der Waals surface area contributed by atoms with Crippen LogP contribution in [0.4, 0.5) is 0 Å². The zero-order valence-electron chi connectivity index (χ0n) is 19.3. The predicted molar refractivity (Wildman–Crippen MR) is 131 cm³/mol. The second-order valence-electron chi connectivity index (χ2n) is 9.66. The van der Waals surface area contributed by atoms with Gasteiger partial charge in [-0.15, -0.1) is 0 Å². The molecule has 5 N–H and O–H groups in total. The van der Waals surface area contributed by atoms with Crippen LogP contribution in [0.3, 0.4) is 0 Å². The van der Waals surface area contributed by atoms with Gasteiger partial charge in [0.2, 0.25) is 10.0 Å². The van der Waals surface area contributed by atoms with Crippen molar-refractivity contribution in [3.8, 4) is 11.4 Å². The van der Waals surface area contributed by atoms with E-state index < -0.39 is 15.7 Å². The first-order valence-electron chi connectivity index (χ1n) is 11.8. The molecule has 11 heteroatoms. The molecule has 3 aromatic heterocycles. The van der Waals surface area contributed by atoms with Gasteiger partial charge in [0.1, 0.15) is 16.3 Å². The molecule has 2 saturated heterocycles. The average molecular weight is 493 g/mol. The predicted octanol–water partition coefficient (Wildman–Crippen LogP) is 1.87. The number of pyridine rings is 2. The van der Waals surface area contributed by atoms with Gasteiger partial charge in [-0.25, -0.2) is 13.4 Å². The van der Waals surface area contributed by atoms with E-state index in [2.05, 4.69) is 32.7 Å². The van der Waals surface area contributed by atoms with Crippen molar-refractivity contribution in [2.45, 2.75) is 61.3 Å². The van der Waals surface area contributed by atoms with Crippen molar-refractivity contribution < 1.29 is 8.42 Å². The molecule has 2 unspecified atom stereocenters. The third-order valence-corrected chi connectivity index (χ3v) is 9.27. The summed E-state index contributed by atoms with van der Waals surface area (Å²) in [6, 6.07) is 9.20. The summed E-state index contributed by atoms with van der Waals surface area (Å²) >= 11 is 0. The van der Waals surface area contributed by atoms with E-state index in [1.165, 1.54) is 6.20 Å². The van der Waals surface area contributed by atoms with Crippen LogP contribution in [-0.4, -0.2) is 51.0 Å². The summed E-state index contributed by atoms with van der Waals surface area (Å²) in [6.07, 6.45) is 9.80. The highest BCUT2D eigenvalue weighted by Gasteiger charge is 2.48. The van der Waals surface area contributed by atoms with E-state index in [1.807, 2.05) is 24.3 Å². The van der Waals surface area contributed by atoms with Crippen LogP contribution in [0.1, 0.15) is 43.9 Å². The van der Waals surface area contributed by atoms with Crippen LogP contribution >= 0.6 is 0 Å². The minimum Gasteiger partial charge on any atom is -0.385 e. The Bertz CT molecular complexity index is 1360. The maximum atomic E-state index is 13.4. The van der Waals surface area contributed by atoms with Gasteiger partial charge < -0.3 is 11.1 Å². The lowest BCUT2D eigenvalue weighted by Crippen LogP contribution is -2.61. The zero-order chi connectivity index (χ0) is 24.2. The maximum Gasteiger partial charge on any atom is 0.245 e. The summed E-state index contributed by atoms with van der Waals surface area (Å²) in [4.78, 5) is 9.07. The Morgan fingerprint density at radius 2 is 1.94 bits per heavy atom. The van der Waals surface area contributed by atoms with Crippen LogP contribution < -0.4 is 16.4 Å². The van der Waals surface area contributed by atoms with Crippen molar-refractivity contribution in [1.82, 2.24) is 35.1 Å². The third kappa shape index (κ3) is 3.79. The molecule has 6 heterocycles. The maximum absolute atomic E-state index is 13.4. The molecule has 3 aliphatic heterocycles. The molecule has 2 fully saturated rings. The third-order valence-electron chi connectivity index (χ3n) is 7.28. The van der Waals surface area contributed by atoms with E-state index in [0.717, 1.165) is 48.3 Å². The van der Waals surface area contributed by atoms with E-state index >= 15 is 0 Å². The van der Waals surface area contributed by atoms with Gasteiger partial charge in [0.05, 0.1) is 17.2 Å². The molecule has 0 spiro atoms. The molecular formula is C24H28N8O2S. The Morgan fingerprint density at radius 1 is 1.14 bits per heavy atom. The van der Waals surface area contributed by atoms with Gasteiger partial charge in [0.15, 0.2) is 0 Å². The van der Waals surface area contributed by atoms with Gasteiger partial charge >= 0.3 is 0 Å². The number of piperidine rings is 1. The lowest BCUT2D eigenvalue weighted by atomic mass is 9.91. The van der Waals surface area contributed by atoms with Crippen molar-refractivity contribution in [3.05, 3.63) is 66.0 Å².